The minimum Gasteiger partial charge on any atom is -0.875 e. The summed E-state index contributed by atoms with van der Waals surface area (Å²) >= 11 is 0. The van der Waals surface area contributed by atoms with E-state index in [-0.39, 0.29) is 70.8 Å². The molecule has 0 spiro atoms. The monoisotopic (exact) mass is 802 g/mol. The molecule has 0 bridgehead atoms. The van der Waals surface area contributed by atoms with Gasteiger partial charge in [-0.05, 0) is 35.5 Å². The number of aliphatic imine (C=N–C) groups is 3. The normalized spacial score (nSPS) is 14.2. The van der Waals surface area contributed by atoms with Gasteiger partial charge in [0.05, 0.1) is 39.5 Å². The predicted molar refractivity (Wildman–Crippen MR) is 186 cm³/mol. The van der Waals surface area contributed by atoms with E-state index in [0.29, 0.717) is 39.5 Å². The Morgan fingerprint density at radius 1 is 0.478 bits per heavy atom. The van der Waals surface area contributed by atoms with Crippen molar-refractivity contribution in [3.05, 3.63) is 35.5 Å². The van der Waals surface area contributed by atoms with Gasteiger partial charge in [0.15, 0.2) is 0 Å². The third-order valence-electron chi connectivity index (χ3n) is 6.03. The zero-order valence-electron chi connectivity index (χ0n) is 31.7. The van der Waals surface area contributed by atoms with Crippen LogP contribution in [-0.2, 0) is 14.2 Å². The van der Waals surface area contributed by atoms with Gasteiger partial charge in [-0.15, -0.1) is 17.3 Å². The van der Waals surface area contributed by atoms with Gasteiger partial charge < -0.3 is 29.5 Å². The molecule has 0 fully saturated rings. The molecule has 0 aromatic rings. The fraction of sp³-hybridized carbons (Fsp3) is 0.750. The SMILES string of the molecule is CCC(/C=C(\[O-])C(C)(C)C)=NCCOC.CCC(/C=C(\[O-])C(C)(C)C)=NCCOC.CCC(/C=C(\[O-])C(C)(C)C)=NCCOC.[Er+3]. The number of ether oxygens (including phenoxy) is 3. The maximum atomic E-state index is 11.7. The Labute approximate surface area is 312 Å². The third-order valence-corrected chi connectivity index (χ3v) is 6.03. The van der Waals surface area contributed by atoms with Crippen molar-refractivity contribution in [2.45, 2.75) is 102 Å². The van der Waals surface area contributed by atoms with Gasteiger partial charge in [0.25, 0.3) is 0 Å². The Balaban J connectivity index is -0.000000285. The summed E-state index contributed by atoms with van der Waals surface area (Å²) in [6.45, 7) is 26.8. The molecule has 273 valence electrons. The van der Waals surface area contributed by atoms with Crippen molar-refractivity contribution in [3.8, 4) is 0 Å². The molecule has 0 aromatic heterocycles. The smallest absolute Gasteiger partial charge is 0.875 e. The van der Waals surface area contributed by atoms with Gasteiger partial charge in [-0.3, -0.25) is 15.0 Å². The Morgan fingerprint density at radius 3 is 0.804 bits per heavy atom. The number of hydrogen-bond acceptors (Lipinski definition) is 9. The predicted octanol–water partition coefficient (Wildman–Crippen LogP) is 5.32. The molecule has 1 radical (unpaired) electrons. The van der Waals surface area contributed by atoms with Crippen LogP contribution in [0.1, 0.15) is 102 Å². The Morgan fingerprint density at radius 2 is 0.674 bits per heavy atom. The minimum absolute atomic E-state index is 0. The summed E-state index contributed by atoms with van der Waals surface area (Å²) in [5.74, 6) is 0.376. The van der Waals surface area contributed by atoms with Crippen LogP contribution < -0.4 is 15.3 Å². The number of nitrogens with zero attached hydrogens (tertiary/aromatic N) is 3. The second kappa shape index (κ2) is 28.7. The first-order valence-corrected chi connectivity index (χ1v) is 16.0. The van der Waals surface area contributed by atoms with Crippen molar-refractivity contribution in [2.75, 3.05) is 60.8 Å². The standard InChI is InChI=1S/3C12H23NO2.Er/c3*1-6-10(13-7-8-15-5)9-11(14)12(2,3)4;/h3*9,14H,6-8H2,1-5H3;/q;;;+3/p-3/b3*11-9-,13-10?;. The second-order valence-electron chi connectivity index (χ2n) is 13.4. The van der Waals surface area contributed by atoms with Gasteiger partial charge in [0.2, 0.25) is 0 Å². The van der Waals surface area contributed by atoms with Gasteiger partial charge >= 0.3 is 37.3 Å². The fourth-order valence-corrected chi connectivity index (χ4v) is 2.72. The van der Waals surface area contributed by atoms with Crippen molar-refractivity contribution in [1.29, 1.82) is 0 Å². The molecule has 0 atom stereocenters. The summed E-state index contributed by atoms with van der Waals surface area (Å²) in [4.78, 5) is 12.9. The van der Waals surface area contributed by atoms with Crippen molar-refractivity contribution in [2.24, 2.45) is 31.2 Å². The largest absolute Gasteiger partial charge is 3.00 e. The summed E-state index contributed by atoms with van der Waals surface area (Å²) in [7, 11) is 4.93. The van der Waals surface area contributed by atoms with E-state index in [0.717, 1.165) is 36.4 Å². The van der Waals surface area contributed by atoms with Crippen LogP contribution in [0.25, 0.3) is 0 Å². The van der Waals surface area contributed by atoms with Crippen molar-refractivity contribution in [1.82, 2.24) is 0 Å². The first-order chi connectivity index (χ1) is 20.7. The Kier molecular flexibility index (Phi) is 32.2. The van der Waals surface area contributed by atoms with E-state index < -0.39 is 0 Å². The average molecular weight is 804 g/mol. The fourth-order valence-electron chi connectivity index (χ4n) is 2.72. The van der Waals surface area contributed by atoms with E-state index >= 15 is 0 Å². The number of allylic oxidation sites excluding steroid dienone is 6. The number of rotatable bonds is 15. The van der Waals surface area contributed by atoms with E-state index in [1.807, 2.05) is 83.1 Å². The van der Waals surface area contributed by atoms with E-state index in [2.05, 4.69) is 15.0 Å². The van der Waals surface area contributed by atoms with Gasteiger partial charge in [-0.1, -0.05) is 101 Å². The van der Waals surface area contributed by atoms with Crippen LogP contribution >= 0.6 is 0 Å². The molecule has 0 aliphatic carbocycles. The van der Waals surface area contributed by atoms with Crippen LogP contribution in [-0.4, -0.2) is 77.9 Å². The number of hydrogen-bond donors (Lipinski definition) is 0. The van der Waals surface area contributed by atoms with Gasteiger partial charge in [0.1, 0.15) is 0 Å². The van der Waals surface area contributed by atoms with Gasteiger partial charge in [0, 0.05) is 38.5 Å². The minimum atomic E-state index is -0.322. The van der Waals surface area contributed by atoms with Crippen LogP contribution in [0.5, 0.6) is 0 Å². The molecule has 46 heavy (non-hydrogen) atoms. The first kappa shape index (κ1) is 51.6. The molecular weight excluding hydrogens is 738 g/mol. The number of methoxy groups -OCH3 is 3. The van der Waals surface area contributed by atoms with Crippen molar-refractivity contribution in [3.63, 3.8) is 0 Å². The van der Waals surface area contributed by atoms with E-state index in [1.54, 1.807) is 39.6 Å². The molecule has 10 heteroatoms. The van der Waals surface area contributed by atoms with Crippen LogP contribution in [0, 0.1) is 53.6 Å². The van der Waals surface area contributed by atoms with Crippen molar-refractivity contribution < 1.29 is 66.8 Å². The van der Waals surface area contributed by atoms with E-state index in [9.17, 15) is 15.3 Å². The molecule has 0 rings (SSSR count). The summed E-state index contributed by atoms with van der Waals surface area (Å²) < 4.78 is 14.7. The molecule has 0 N–H and O–H groups in total. The average Bonchev–Trinajstić information content (AvgIpc) is 2.94. The zero-order valence-corrected chi connectivity index (χ0v) is 33.5. The van der Waals surface area contributed by atoms with Gasteiger partial charge in [-0.2, -0.15) is 0 Å². The molecule has 0 unspecified atom stereocenters. The van der Waals surface area contributed by atoms with Crippen LogP contribution in [0.15, 0.2) is 50.5 Å². The molecule has 9 nitrogen and oxygen atoms in total. The quantitative estimate of drug-likeness (QED) is 0.125. The van der Waals surface area contributed by atoms with Crippen molar-refractivity contribution >= 4 is 17.1 Å². The van der Waals surface area contributed by atoms with E-state index in [1.165, 1.54) is 0 Å². The maximum Gasteiger partial charge on any atom is 3.00 e. The Bertz CT molecular complexity index is 840. The summed E-state index contributed by atoms with van der Waals surface area (Å²) in [5, 5.41) is 35.1. The maximum absolute atomic E-state index is 11.7. The molecule has 0 amide bonds. The summed E-state index contributed by atoms with van der Waals surface area (Å²) in [6.07, 6.45) is 7.30. The molecule has 0 aliphatic heterocycles. The molecule has 0 aromatic carbocycles. The van der Waals surface area contributed by atoms with Crippen LogP contribution in [0.2, 0.25) is 0 Å². The topological polar surface area (TPSA) is 134 Å². The zero-order chi connectivity index (χ0) is 35.7. The van der Waals surface area contributed by atoms with E-state index in [4.69, 9.17) is 14.2 Å². The molecule has 0 saturated carbocycles. The summed E-state index contributed by atoms with van der Waals surface area (Å²) in [6, 6.07) is 0. The molecule has 0 aliphatic rings. The first-order valence-electron chi connectivity index (χ1n) is 16.0. The summed E-state index contributed by atoms with van der Waals surface area (Å²) in [5.41, 5.74) is 1.59. The van der Waals surface area contributed by atoms with Crippen LogP contribution in [0.4, 0.5) is 0 Å². The Hall–Kier alpha value is -1.24. The molecule has 0 saturated heterocycles. The third kappa shape index (κ3) is 30.1. The molecule has 0 heterocycles. The second-order valence-corrected chi connectivity index (χ2v) is 13.4. The molecular formula is C36H66ErN3O6. The van der Waals surface area contributed by atoms with Gasteiger partial charge in [-0.25, -0.2) is 0 Å². The van der Waals surface area contributed by atoms with Crippen LogP contribution in [0.3, 0.4) is 0 Å².